The Morgan fingerprint density at radius 2 is 2.20 bits per heavy atom. The molecule has 0 saturated heterocycles. The Hall–Kier alpha value is -1.18. The van der Waals surface area contributed by atoms with Crippen LogP contribution in [-0.2, 0) is 0 Å². The van der Waals surface area contributed by atoms with E-state index in [2.05, 4.69) is 18.3 Å². The van der Waals surface area contributed by atoms with E-state index < -0.39 is 0 Å². The first-order valence-electron chi connectivity index (χ1n) is 5.86. The summed E-state index contributed by atoms with van der Waals surface area (Å²) in [5, 5.41) is 3.57. The molecule has 0 aromatic heterocycles. The third-order valence-electron chi connectivity index (χ3n) is 3.19. The Balaban J connectivity index is 1.96. The van der Waals surface area contributed by atoms with E-state index in [4.69, 9.17) is 5.73 Å². The smallest absolute Gasteiger partial charge is 0.0362 e. The molecule has 1 fully saturated rings. The van der Waals surface area contributed by atoms with Gasteiger partial charge in [0.15, 0.2) is 0 Å². The zero-order valence-corrected chi connectivity index (χ0v) is 9.37. The van der Waals surface area contributed by atoms with E-state index in [-0.39, 0.29) is 0 Å². The molecular formula is C13H20N2. The minimum atomic E-state index is 0.635. The normalized spacial score (nSPS) is 26.2. The molecule has 0 heterocycles. The van der Waals surface area contributed by atoms with Crippen molar-refractivity contribution >= 4 is 11.4 Å². The molecule has 2 rings (SSSR count). The predicted molar refractivity (Wildman–Crippen MR) is 65.9 cm³/mol. The molecule has 15 heavy (non-hydrogen) atoms. The second-order valence-corrected chi connectivity index (χ2v) is 4.74. The Morgan fingerprint density at radius 3 is 2.93 bits per heavy atom. The minimum absolute atomic E-state index is 0.635. The van der Waals surface area contributed by atoms with Crippen LogP contribution < -0.4 is 11.1 Å². The average Bonchev–Trinajstić information content (AvgIpc) is 2.17. The van der Waals surface area contributed by atoms with Crippen molar-refractivity contribution in [3.63, 3.8) is 0 Å². The Morgan fingerprint density at radius 1 is 1.33 bits per heavy atom. The molecule has 1 aromatic carbocycles. The van der Waals surface area contributed by atoms with Crippen molar-refractivity contribution in [1.82, 2.24) is 0 Å². The van der Waals surface area contributed by atoms with Crippen molar-refractivity contribution in [2.45, 2.75) is 38.6 Å². The zero-order chi connectivity index (χ0) is 10.7. The molecule has 3 N–H and O–H groups in total. The minimum Gasteiger partial charge on any atom is -0.399 e. The summed E-state index contributed by atoms with van der Waals surface area (Å²) in [5.41, 5.74) is 7.75. The molecule has 0 spiro atoms. The van der Waals surface area contributed by atoms with Crippen LogP contribution in [0.1, 0.15) is 32.6 Å². The largest absolute Gasteiger partial charge is 0.399 e. The first-order valence-corrected chi connectivity index (χ1v) is 5.86. The van der Waals surface area contributed by atoms with Gasteiger partial charge in [-0.05, 0) is 37.0 Å². The maximum atomic E-state index is 5.75. The lowest BCUT2D eigenvalue weighted by atomic mass is 9.87. The maximum absolute atomic E-state index is 5.75. The van der Waals surface area contributed by atoms with E-state index >= 15 is 0 Å². The molecule has 1 saturated carbocycles. The molecule has 1 aliphatic rings. The number of anilines is 2. The summed E-state index contributed by atoms with van der Waals surface area (Å²) in [4.78, 5) is 0. The van der Waals surface area contributed by atoms with Crippen LogP contribution in [0.5, 0.6) is 0 Å². The highest BCUT2D eigenvalue weighted by atomic mass is 14.9. The number of nitrogens with one attached hydrogen (secondary N) is 1. The zero-order valence-electron chi connectivity index (χ0n) is 9.37. The van der Waals surface area contributed by atoms with Crippen molar-refractivity contribution in [2.24, 2.45) is 5.92 Å². The van der Waals surface area contributed by atoms with Crippen molar-refractivity contribution in [3.8, 4) is 0 Å². The van der Waals surface area contributed by atoms with E-state index in [0.717, 1.165) is 17.3 Å². The molecular weight excluding hydrogens is 184 g/mol. The molecule has 0 amide bonds. The van der Waals surface area contributed by atoms with Gasteiger partial charge in [-0.15, -0.1) is 0 Å². The van der Waals surface area contributed by atoms with E-state index in [1.165, 1.54) is 25.7 Å². The van der Waals surface area contributed by atoms with Crippen molar-refractivity contribution in [1.29, 1.82) is 0 Å². The Kier molecular flexibility index (Phi) is 3.14. The SMILES string of the molecule is CC1CCCC(Nc2cccc(N)c2)C1. The van der Waals surface area contributed by atoms with Crippen LogP contribution in [0.3, 0.4) is 0 Å². The molecule has 0 radical (unpaired) electrons. The van der Waals surface area contributed by atoms with Gasteiger partial charge in [-0.2, -0.15) is 0 Å². The molecule has 2 atom stereocenters. The third-order valence-corrected chi connectivity index (χ3v) is 3.19. The summed E-state index contributed by atoms with van der Waals surface area (Å²) in [6, 6.07) is 8.67. The second-order valence-electron chi connectivity index (χ2n) is 4.74. The van der Waals surface area contributed by atoms with Gasteiger partial charge >= 0.3 is 0 Å². The van der Waals surface area contributed by atoms with Gasteiger partial charge < -0.3 is 11.1 Å². The highest BCUT2D eigenvalue weighted by molar-refractivity contribution is 5.54. The van der Waals surface area contributed by atoms with E-state index in [1.54, 1.807) is 0 Å². The lowest BCUT2D eigenvalue weighted by molar-refractivity contribution is 0.358. The number of hydrogen-bond donors (Lipinski definition) is 2. The summed E-state index contributed by atoms with van der Waals surface area (Å²) in [6.45, 7) is 2.34. The summed E-state index contributed by atoms with van der Waals surface area (Å²) in [6.07, 6.45) is 5.31. The first kappa shape index (κ1) is 10.3. The van der Waals surface area contributed by atoms with Gasteiger partial charge in [0.05, 0.1) is 0 Å². The van der Waals surface area contributed by atoms with Gasteiger partial charge in [0.1, 0.15) is 0 Å². The van der Waals surface area contributed by atoms with Crippen LogP contribution in [0.2, 0.25) is 0 Å². The number of nitrogen functional groups attached to an aromatic ring is 1. The Bertz CT molecular complexity index is 322. The highest BCUT2D eigenvalue weighted by Gasteiger charge is 2.18. The van der Waals surface area contributed by atoms with Crippen molar-refractivity contribution in [2.75, 3.05) is 11.1 Å². The van der Waals surface area contributed by atoms with Gasteiger partial charge in [0.2, 0.25) is 0 Å². The van der Waals surface area contributed by atoms with Crippen LogP contribution in [0.25, 0.3) is 0 Å². The molecule has 1 aliphatic carbocycles. The van der Waals surface area contributed by atoms with Crippen LogP contribution >= 0.6 is 0 Å². The second kappa shape index (κ2) is 4.56. The summed E-state index contributed by atoms with van der Waals surface area (Å²) < 4.78 is 0. The molecule has 2 heteroatoms. The van der Waals surface area contributed by atoms with Gasteiger partial charge in [-0.1, -0.05) is 25.8 Å². The predicted octanol–water partition coefficient (Wildman–Crippen LogP) is 3.26. The van der Waals surface area contributed by atoms with E-state index in [9.17, 15) is 0 Å². The van der Waals surface area contributed by atoms with Gasteiger partial charge in [-0.25, -0.2) is 0 Å². The summed E-state index contributed by atoms with van der Waals surface area (Å²) in [7, 11) is 0. The summed E-state index contributed by atoms with van der Waals surface area (Å²) in [5.74, 6) is 0.859. The lowest BCUT2D eigenvalue weighted by Gasteiger charge is -2.28. The number of hydrogen-bond acceptors (Lipinski definition) is 2. The van der Waals surface area contributed by atoms with Crippen LogP contribution in [-0.4, -0.2) is 6.04 Å². The summed E-state index contributed by atoms with van der Waals surface area (Å²) >= 11 is 0. The van der Waals surface area contributed by atoms with Gasteiger partial charge in [0, 0.05) is 17.4 Å². The lowest BCUT2D eigenvalue weighted by Crippen LogP contribution is -2.26. The molecule has 0 aliphatic heterocycles. The number of nitrogens with two attached hydrogens (primary N) is 1. The van der Waals surface area contributed by atoms with Crippen molar-refractivity contribution < 1.29 is 0 Å². The van der Waals surface area contributed by atoms with E-state index in [1.807, 2.05) is 18.2 Å². The number of rotatable bonds is 2. The molecule has 2 unspecified atom stereocenters. The molecule has 82 valence electrons. The van der Waals surface area contributed by atoms with Gasteiger partial charge in [-0.3, -0.25) is 0 Å². The number of benzene rings is 1. The average molecular weight is 204 g/mol. The Labute approximate surface area is 91.9 Å². The molecule has 1 aromatic rings. The van der Waals surface area contributed by atoms with Crippen LogP contribution in [0.4, 0.5) is 11.4 Å². The fourth-order valence-electron chi connectivity index (χ4n) is 2.43. The van der Waals surface area contributed by atoms with Gasteiger partial charge in [0.25, 0.3) is 0 Å². The van der Waals surface area contributed by atoms with E-state index in [0.29, 0.717) is 6.04 Å². The van der Waals surface area contributed by atoms with Crippen molar-refractivity contribution in [3.05, 3.63) is 24.3 Å². The third kappa shape index (κ3) is 2.88. The van der Waals surface area contributed by atoms with Crippen LogP contribution in [0.15, 0.2) is 24.3 Å². The monoisotopic (exact) mass is 204 g/mol. The van der Waals surface area contributed by atoms with Crippen LogP contribution in [0, 0.1) is 5.92 Å². The maximum Gasteiger partial charge on any atom is 0.0362 e. The standard InChI is InChI=1S/C13H20N2/c1-10-4-2-6-12(8-10)15-13-7-3-5-11(14)9-13/h3,5,7,9-10,12,15H,2,4,6,8,14H2,1H3. The highest BCUT2D eigenvalue weighted by Crippen LogP contribution is 2.26. The fraction of sp³-hybridized carbons (Fsp3) is 0.538. The topological polar surface area (TPSA) is 38.0 Å². The molecule has 2 nitrogen and oxygen atoms in total. The molecule has 0 bridgehead atoms. The fourth-order valence-corrected chi connectivity index (χ4v) is 2.43. The first-order chi connectivity index (χ1) is 7.24. The quantitative estimate of drug-likeness (QED) is 0.726.